The average Bonchev–Trinajstić information content (AvgIpc) is 2.67. The van der Waals surface area contributed by atoms with Crippen molar-refractivity contribution in [3.05, 3.63) is 70.9 Å². The van der Waals surface area contributed by atoms with Crippen molar-refractivity contribution in [1.82, 2.24) is 5.32 Å². The van der Waals surface area contributed by atoms with Crippen molar-refractivity contribution in [3.63, 3.8) is 0 Å². The maximum Gasteiger partial charge on any atom is 0.416 e. The zero-order chi connectivity index (χ0) is 20.7. The Morgan fingerprint density at radius 3 is 2.46 bits per heavy atom. The quantitative estimate of drug-likeness (QED) is 0.696. The van der Waals surface area contributed by atoms with Crippen LogP contribution in [0.25, 0.3) is 0 Å². The summed E-state index contributed by atoms with van der Waals surface area (Å²) >= 11 is 5.22. The Morgan fingerprint density at radius 2 is 1.89 bits per heavy atom. The number of nitriles is 1. The lowest BCUT2D eigenvalue weighted by molar-refractivity contribution is -0.137. The molecule has 0 aliphatic carbocycles. The molecule has 8 heteroatoms. The summed E-state index contributed by atoms with van der Waals surface area (Å²) in [6.45, 7) is 1.99. The number of methoxy groups -OCH3 is 1. The van der Waals surface area contributed by atoms with E-state index < -0.39 is 11.7 Å². The summed E-state index contributed by atoms with van der Waals surface area (Å²) in [4.78, 5) is 0.308. The number of rotatable bonds is 6. The number of halogens is 3. The van der Waals surface area contributed by atoms with Gasteiger partial charge in [-0.2, -0.15) is 18.4 Å². The van der Waals surface area contributed by atoms with E-state index in [1.807, 2.05) is 6.07 Å². The van der Waals surface area contributed by atoms with E-state index in [-0.39, 0.29) is 6.61 Å². The molecule has 146 valence electrons. The smallest absolute Gasteiger partial charge is 0.416 e. The SMILES string of the molecule is COc1cc(OC/C=C(\C)NC(=S)c2ccc(C(F)(F)F)cc2)ccc1C#N. The molecule has 2 aromatic carbocycles. The van der Waals surface area contributed by atoms with Crippen molar-refractivity contribution in [1.29, 1.82) is 5.26 Å². The van der Waals surface area contributed by atoms with Crippen LogP contribution >= 0.6 is 12.2 Å². The number of benzene rings is 2. The molecule has 4 nitrogen and oxygen atoms in total. The van der Waals surface area contributed by atoms with Crippen molar-refractivity contribution in [2.75, 3.05) is 13.7 Å². The third-order valence-electron chi connectivity index (χ3n) is 3.72. The highest BCUT2D eigenvalue weighted by Gasteiger charge is 2.30. The Morgan fingerprint density at radius 1 is 1.21 bits per heavy atom. The molecule has 0 unspecified atom stereocenters. The average molecular weight is 406 g/mol. The van der Waals surface area contributed by atoms with Crippen molar-refractivity contribution < 1.29 is 22.6 Å². The van der Waals surface area contributed by atoms with Crippen molar-refractivity contribution in [3.8, 4) is 17.6 Å². The second-order valence-corrected chi connectivity index (χ2v) is 6.11. The van der Waals surface area contributed by atoms with Gasteiger partial charge in [-0.3, -0.25) is 0 Å². The van der Waals surface area contributed by atoms with Crippen LogP contribution in [-0.2, 0) is 6.18 Å². The van der Waals surface area contributed by atoms with Gasteiger partial charge in [0.05, 0.1) is 18.2 Å². The summed E-state index contributed by atoms with van der Waals surface area (Å²) in [6, 6.07) is 11.5. The van der Waals surface area contributed by atoms with Gasteiger partial charge >= 0.3 is 6.18 Å². The highest BCUT2D eigenvalue weighted by molar-refractivity contribution is 7.80. The van der Waals surface area contributed by atoms with Crippen molar-refractivity contribution >= 4 is 17.2 Å². The van der Waals surface area contributed by atoms with Gasteiger partial charge < -0.3 is 14.8 Å². The van der Waals surface area contributed by atoms with Gasteiger partial charge in [-0.1, -0.05) is 24.4 Å². The van der Waals surface area contributed by atoms with Crippen LogP contribution in [0.4, 0.5) is 13.2 Å². The maximum absolute atomic E-state index is 12.6. The minimum Gasteiger partial charge on any atom is -0.495 e. The minimum atomic E-state index is -4.38. The molecular weight excluding hydrogens is 389 g/mol. The lowest BCUT2D eigenvalue weighted by Gasteiger charge is -2.11. The Labute approximate surface area is 166 Å². The lowest BCUT2D eigenvalue weighted by Crippen LogP contribution is -2.21. The first-order valence-electron chi connectivity index (χ1n) is 8.11. The topological polar surface area (TPSA) is 54.3 Å². The predicted octanol–water partition coefficient (Wildman–Crippen LogP) is 4.83. The Balaban J connectivity index is 1.94. The molecule has 0 saturated heterocycles. The van der Waals surface area contributed by atoms with Gasteiger partial charge in [-0.25, -0.2) is 0 Å². The van der Waals surface area contributed by atoms with E-state index >= 15 is 0 Å². The first kappa shape index (κ1) is 21.3. The zero-order valence-electron chi connectivity index (χ0n) is 15.1. The minimum absolute atomic E-state index is 0.226. The van der Waals surface area contributed by atoms with E-state index in [9.17, 15) is 13.2 Å². The van der Waals surface area contributed by atoms with Gasteiger partial charge in [0.25, 0.3) is 0 Å². The molecule has 0 saturated carbocycles. The normalized spacial score (nSPS) is 11.5. The Bertz CT molecular complexity index is 917. The second kappa shape index (κ2) is 9.24. The monoisotopic (exact) mass is 406 g/mol. The molecule has 0 radical (unpaired) electrons. The van der Waals surface area contributed by atoms with Crippen LogP contribution < -0.4 is 14.8 Å². The van der Waals surface area contributed by atoms with Gasteiger partial charge in [-0.15, -0.1) is 0 Å². The molecule has 2 rings (SSSR count). The van der Waals surface area contributed by atoms with Crippen LogP contribution in [0.15, 0.2) is 54.2 Å². The summed E-state index contributed by atoms with van der Waals surface area (Å²) < 4.78 is 48.5. The third kappa shape index (κ3) is 5.72. The summed E-state index contributed by atoms with van der Waals surface area (Å²) in [5.41, 5.74) is 0.849. The number of allylic oxidation sites excluding steroid dienone is 1. The molecule has 0 aliphatic rings. The molecular formula is C20H17F3N2O2S. The standard InChI is InChI=1S/C20H17F3N2O2S/c1-13(9-10-27-17-8-5-15(12-24)18(11-17)26-2)25-19(28)14-3-6-16(7-4-14)20(21,22)23/h3-9,11H,10H2,1-2H3,(H,25,28)/b13-9+. The summed E-state index contributed by atoms with van der Waals surface area (Å²) in [5.74, 6) is 0.951. The largest absolute Gasteiger partial charge is 0.495 e. The number of nitrogens with zero attached hydrogens (tertiary/aromatic N) is 1. The first-order chi connectivity index (χ1) is 13.2. The van der Waals surface area contributed by atoms with Crippen LogP contribution in [0, 0.1) is 11.3 Å². The molecule has 0 aromatic heterocycles. The molecule has 28 heavy (non-hydrogen) atoms. The molecule has 0 heterocycles. The van der Waals surface area contributed by atoms with Gasteiger partial charge in [0.1, 0.15) is 29.2 Å². The number of alkyl halides is 3. The van der Waals surface area contributed by atoms with E-state index in [0.29, 0.717) is 33.3 Å². The third-order valence-corrected chi connectivity index (χ3v) is 4.06. The van der Waals surface area contributed by atoms with Gasteiger partial charge in [0, 0.05) is 17.3 Å². The van der Waals surface area contributed by atoms with Crippen LogP contribution in [0.5, 0.6) is 11.5 Å². The molecule has 0 bridgehead atoms. The first-order valence-corrected chi connectivity index (χ1v) is 8.51. The molecule has 0 atom stereocenters. The van der Waals surface area contributed by atoms with Crippen LogP contribution in [0.3, 0.4) is 0 Å². The van der Waals surface area contributed by atoms with E-state index in [0.717, 1.165) is 12.1 Å². The highest BCUT2D eigenvalue weighted by atomic mass is 32.1. The van der Waals surface area contributed by atoms with Crippen LogP contribution in [0.2, 0.25) is 0 Å². The molecule has 0 fully saturated rings. The maximum atomic E-state index is 12.6. The second-order valence-electron chi connectivity index (χ2n) is 5.70. The fraction of sp³-hybridized carbons (Fsp3) is 0.200. The predicted molar refractivity (Wildman–Crippen MR) is 103 cm³/mol. The molecule has 0 amide bonds. The lowest BCUT2D eigenvalue weighted by atomic mass is 10.1. The fourth-order valence-corrected chi connectivity index (χ4v) is 2.53. The highest BCUT2D eigenvalue weighted by Crippen LogP contribution is 2.29. The van der Waals surface area contributed by atoms with Crippen LogP contribution in [0.1, 0.15) is 23.6 Å². The Kier molecular flexibility index (Phi) is 7.01. The van der Waals surface area contributed by atoms with Gasteiger partial charge in [0.15, 0.2) is 0 Å². The Hall–Kier alpha value is -3.05. The molecule has 0 aliphatic heterocycles. The fourth-order valence-electron chi connectivity index (χ4n) is 2.23. The summed E-state index contributed by atoms with van der Waals surface area (Å²) in [5, 5.41) is 11.9. The number of thiocarbonyl (C=S) groups is 1. The van der Waals surface area contributed by atoms with E-state index in [2.05, 4.69) is 5.32 Å². The number of nitrogens with one attached hydrogen (secondary N) is 1. The van der Waals surface area contributed by atoms with Crippen molar-refractivity contribution in [2.45, 2.75) is 13.1 Å². The summed E-state index contributed by atoms with van der Waals surface area (Å²) in [6.07, 6.45) is -2.64. The van der Waals surface area contributed by atoms with E-state index in [1.54, 1.807) is 31.2 Å². The number of hydrogen-bond donors (Lipinski definition) is 1. The van der Waals surface area contributed by atoms with Gasteiger partial charge in [0.2, 0.25) is 0 Å². The summed E-state index contributed by atoms with van der Waals surface area (Å²) in [7, 11) is 1.47. The van der Waals surface area contributed by atoms with Crippen LogP contribution in [-0.4, -0.2) is 18.7 Å². The molecule has 2 aromatic rings. The molecule has 1 N–H and O–H groups in total. The number of hydrogen-bond acceptors (Lipinski definition) is 4. The van der Waals surface area contributed by atoms with Gasteiger partial charge in [-0.05, 0) is 37.3 Å². The number of ether oxygens (including phenoxy) is 2. The van der Waals surface area contributed by atoms with E-state index in [1.165, 1.54) is 19.2 Å². The van der Waals surface area contributed by atoms with E-state index in [4.69, 9.17) is 27.0 Å². The zero-order valence-corrected chi connectivity index (χ0v) is 15.9. The molecule has 0 spiro atoms. The van der Waals surface area contributed by atoms with Crippen molar-refractivity contribution in [2.24, 2.45) is 0 Å².